The fourth-order valence-corrected chi connectivity index (χ4v) is 3.30. The molecule has 7 heteroatoms. The Balaban J connectivity index is 1.62. The molecule has 1 spiro atoms. The molecule has 0 saturated carbocycles. The summed E-state index contributed by atoms with van der Waals surface area (Å²) in [7, 11) is 0. The average Bonchev–Trinajstić information content (AvgIpc) is 2.56. The quantitative estimate of drug-likeness (QED) is 0.545. The van der Waals surface area contributed by atoms with Crippen LogP contribution in [0.5, 0.6) is 0 Å². The average molecular weight is 291 g/mol. The first-order chi connectivity index (χ1) is 10.2. The Kier molecular flexibility index (Phi) is 4.03. The van der Waals surface area contributed by atoms with Gasteiger partial charge in [0.15, 0.2) is 0 Å². The van der Waals surface area contributed by atoms with Gasteiger partial charge in [-0.05, 0) is 44.2 Å². The maximum Gasteiger partial charge on any atom is 0.277 e. The van der Waals surface area contributed by atoms with Gasteiger partial charge in [-0.25, -0.2) is 15.4 Å². The van der Waals surface area contributed by atoms with Crippen molar-refractivity contribution in [3.8, 4) is 0 Å². The van der Waals surface area contributed by atoms with Gasteiger partial charge in [0, 0.05) is 25.5 Å². The zero-order chi connectivity index (χ0) is 14.7. The first-order valence-electron chi connectivity index (χ1n) is 7.45. The summed E-state index contributed by atoms with van der Waals surface area (Å²) in [4.78, 5) is 21.9. The van der Waals surface area contributed by atoms with Crippen LogP contribution in [-0.2, 0) is 0 Å². The predicted octanol–water partition coefficient (Wildman–Crippen LogP) is 0.566. The summed E-state index contributed by atoms with van der Waals surface area (Å²) in [5.74, 6) is 0.0714. The lowest BCUT2D eigenvalue weighted by Crippen LogP contribution is -2.46. The summed E-state index contributed by atoms with van der Waals surface area (Å²) >= 11 is 0. The van der Waals surface area contributed by atoms with Crippen LogP contribution >= 0.6 is 0 Å². The van der Waals surface area contributed by atoms with Crippen LogP contribution in [0.1, 0.15) is 36.0 Å². The summed E-state index contributed by atoms with van der Waals surface area (Å²) in [5.41, 5.74) is 2.34. The summed E-state index contributed by atoms with van der Waals surface area (Å²) < 4.78 is 0. The molecule has 2 saturated heterocycles. The second kappa shape index (κ2) is 5.95. The third-order valence-corrected chi connectivity index (χ3v) is 4.77. The van der Waals surface area contributed by atoms with E-state index in [-0.39, 0.29) is 5.56 Å². The topological polar surface area (TPSA) is 90.4 Å². The van der Waals surface area contributed by atoms with E-state index in [0.717, 1.165) is 26.2 Å². The van der Waals surface area contributed by atoms with E-state index in [4.69, 9.17) is 5.21 Å². The lowest BCUT2D eigenvalue weighted by atomic mass is 9.72. The summed E-state index contributed by atoms with van der Waals surface area (Å²) in [6, 6.07) is 0. The van der Waals surface area contributed by atoms with Crippen LogP contribution < -0.4 is 15.7 Å². The number of hydrogen-bond donors (Lipinski definition) is 3. The van der Waals surface area contributed by atoms with Gasteiger partial charge in [0.05, 0.1) is 5.56 Å². The molecule has 114 valence electrons. The minimum Gasteiger partial charge on any atom is -0.341 e. The number of carbonyl (C=O) groups excluding carboxylic acids is 1. The molecule has 0 bridgehead atoms. The molecule has 1 aromatic heterocycles. The number of carbonyl (C=O) groups is 1. The molecular formula is C14H21N5O2. The molecule has 2 aliphatic heterocycles. The van der Waals surface area contributed by atoms with Crippen molar-refractivity contribution in [2.24, 2.45) is 5.41 Å². The van der Waals surface area contributed by atoms with Crippen LogP contribution in [-0.4, -0.2) is 47.3 Å². The van der Waals surface area contributed by atoms with Gasteiger partial charge in [-0.15, -0.1) is 0 Å². The number of hydroxylamine groups is 1. The van der Waals surface area contributed by atoms with Crippen molar-refractivity contribution in [1.82, 2.24) is 20.8 Å². The minimum atomic E-state index is -0.589. The van der Waals surface area contributed by atoms with Crippen LogP contribution in [0.4, 0.5) is 5.95 Å². The van der Waals surface area contributed by atoms with Gasteiger partial charge < -0.3 is 10.2 Å². The van der Waals surface area contributed by atoms with Crippen molar-refractivity contribution in [3.05, 3.63) is 18.0 Å². The Bertz CT molecular complexity index is 489. The zero-order valence-corrected chi connectivity index (χ0v) is 12.0. The fraction of sp³-hybridized carbons (Fsp3) is 0.643. The molecule has 3 rings (SSSR count). The van der Waals surface area contributed by atoms with Crippen molar-refractivity contribution in [2.75, 3.05) is 31.1 Å². The predicted molar refractivity (Wildman–Crippen MR) is 77.3 cm³/mol. The zero-order valence-electron chi connectivity index (χ0n) is 12.0. The summed E-state index contributed by atoms with van der Waals surface area (Å²) in [5, 5.41) is 12.0. The number of nitrogens with one attached hydrogen (secondary N) is 2. The van der Waals surface area contributed by atoms with E-state index in [1.165, 1.54) is 38.1 Å². The van der Waals surface area contributed by atoms with Crippen molar-refractivity contribution in [1.29, 1.82) is 0 Å². The molecule has 1 amide bonds. The largest absolute Gasteiger partial charge is 0.341 e. The number of aromatic nitrogens is 2. The van der Waals surface area contributed by atoms with E-state index >= 15 is 0 Å². The Morgan fingerprint density at radius 3 is 2.38 bits per heavy atom. The maximum absolute atomic E-state index is 11.2. The monoisotopic (exact) mass is 291 g/mol. The molecule has 2 fully saturated rings. The van der Waals surface area contributed by atoms with E-state index in [0.29, 0.717) is 11.4 Å². The lowest BCUT2D eigenvalue weighted by Gasteiger charge is -2.44. The van der Waals surface area contributed by atoms with Crippen molar-refractivity contribution >= 4 is 11.9 Å². The first kappa shape index (κ1) is 14.2. The van der Waals surface area contributed by atoms with Crippen molar-refractivity contribution in [3.63, 3.8) is 0 Å². The van der Waals surface area contributed by atoms with Gasteiger partial charge in [0.25, 0.3) is 5.91 Å². The van der Waals surface area contributed by atoms with Gasteiger partial charge in [-0.1, -0.05) is 0 Å². The molecule has 0 radical (unpaired) electrons. The maximum atomic E-state index is 11.2. The molecule has 3 N–H and O–H groups in total. The SMILES string of the molecule is O=C(NO)c1cnc(N2CCC3(CCNCC3)CC2)nc1. The summed E-state index contributed by atoms with van der Waals surface area (Å²) in [6.45, 7) is 4.18. The van der Waals surface area contributed by atoms with E-state index in [2.05, 4.69) is 20.2 Å². The van der Waals surface area contributed by atoms with Gasteiger partial charge >= 0.3 is 0 Å². The molecule has 7 nitrogen and oxygen atoms in total. The second-order valence-corrected chi connectivity index (χ2v) is 5.95. The molecule has 0 atom stereocenters. The highest BCUT2D eigenvalue weighted by Gasteiger charge is 2.36. The molecule has 0 aromatic carbocycles. The van der Waals surface area contributed by atoms with E-state index in [1.807, 2.05) is 0 Å². The number of piperidine rings is 2. The third-order valence-electron chi connectivity index (χ3n) is 4.77. The number of hydrogen-bond acceptors (Lipinski definition) is 6. The van der Waals surface area contributed by atoms with Gasteiger partial charge in [0.2, 0.25) is 5.95 Å². The Morgan fingerprint density at radius 2 is 1.81 bits per heavy atom. The van der Waals surface area contributed by atoms with Crippen LogP contribution in [0.25, 0.3) is 0 Å². The van der Waals surface area contributed by atoms with Gasteiger partial charge in [0.1, 0.15) is 0 Å². The Morgan fingerprint density at radius 1 is 1.19 bits per heavy atom. The van der Waals surface area contributed by atoms with Crippen LogP contribution in [0.15, 0.2) is 12.4 Å². The van der Waals surface area contributed by atoms with E-state index in [1.54, 1.807) is 5.48 Å². The number of anilines is 1. The normalized spacial score (nSPS) is 21.3. The highest BCUT2D eigenvalue weighted by Crippen LogP contribution is 2.39. The van der Waals surface area contributed by atoms with E-state index < -0.39 is 5.91 Å². The number of nitrogens with zero attached hydrogens (tertiary/aromatic N) is 3. The highest BCUT2D eigenvalue weighted by molar-refractivity contribution is 5.92. The van der Waals surface area contributed by atoms with Crippen LogP contribution in [0.2, 0.25) is 0 Å². The van der Waals surface area contributed by atoms with Crippen molar-refractivity contribution < 1.29 is 10.0 Å². The lowest BCUT2D eigenvalue weighted by molar-refractivity contribution is 0.0705. The molecule has 21 heavy (non-hydrogen) atoms. The molecule has 0 unspecified atom stereocenters. The molecule has 2 aliphatic rings. The Hall–Kier alpha value is -1.73. The molecule has 1 aromatic rings. The third kappa shape index (κ3) is 2.98. The smallest absolute Gasteiger partial charge is 0.277 e. The van der Waals surface area contributed by atoms with Gasteiger partial charge in [-0.3, -0.25) is 10.0 Å². The standard InChI is InChI=1S/C14H21N5O2/c20-12(18-21)11-9-16-13(17-10-11)19-7-3-14(4-8-19)1-5-15-6-2-14/h9-10,15,21H,1-8H2,(H,18,20). The summed E-state index contributed by atoms with van der Waals surface area (Å²) in [6.07, 6.45) is 7.77. The fourth-order valence-electron chi connectivity index (χ4n) is 3.30. The van der Waals surface area contributed by atoms with Gasteiger partial charge in [-0.2, -0.15) is 0 Å². The first-order valence-corrected chi connectivity index (χ1v) is 7.45. The van der Waals surface area contributed by atoms with E-state index in [9.17, 15) is 4.79 Å². The molecule has 3 heterocycles. The molecule has 0 aliphatic carbocycles. The highest BCUT2D eigenvalue weighted by atomic mass is 16.5. The molecular weight excluding hydrogens is 270 g/mol. The number of amides is 1. The van der Waals surface area contributed by atoms with Crippen LogP contribution in [0.3, 0.4) is 0 Å². The van der Waals surface area contributed by atoms with Crippen molar-refractivity contribution in [2.45, 2.75) is 25.7 Å². The van der Waals surface area contributed by atoms with Crippen LogP contribution in [0, 0.1) is 5.41 Å². The minimum absolute atomic E-state index is 0.257. The number of rotatable bonds is 2. The second-order valence-electron chi connectivity index (χ2n) is 5.95. The Labute approximate surface area is 123 Å².